The molecular formula is C30H27ClN8O. The molecule has 0 fully saturated rings. The minimum Gasteiger partial charge on any atom is -0.335 e. The average molecular weight is 551 g/mol. The molecule has 10 heteroatoms. The molecule has 5 aromatic rings. The first-order valence-electron chi connectivity index (χ1n) is 13.0. The number of rotatable bonds is 5. The van der Waals surface area contributed by atoms with Gasteiger partial charge in [0, 0.05) is 57.8 Å². The van der Waals surface area contributed by atoms with Gasteiger partial charge in [0.2, 0.25) is 5.91 Å². The van der Waals surface area contributed by atoms with Crippen LogP contribution in [0.15, 0.2) is 72.4 Å². The fourth-order valence-corrected chi connectivity index (χ4v) is 4.87. The molecule has 1 aliphatic heterocycles. The van der Waals surface area contributed by atoms with Gasteiger partial charge in [-0.05, 0) is 36.8 Å². The van der Waals surface area contributed by atoms with Crippen molar-refractivity contribution in [3.05, 3.63) is 89.5 Å². The summed E-state index contributed by atoms with van der Waals surface area (Å²) >= 11 is 6.27. The summed E-state index contributed by atoms with van der Waals surface area (Å²) < 4.78 is 0. The Labute approximate surface area is 236 Å². The van der Waals surface area contributed by atoms with Gasteiger partial charge in [0.1, 0.15) is 5.71 Å². The molecule has 5 heterocycles. The molecular weight excluding hydrogens is 524 g/mol. The largest absolute Gasteiger partial charge is 0.335 e. The number of benzene rings is 1. The molecule has 0 bridgehead atoms. The summed E-state index contributed by atoms with van der Waals surface area (Å²) in [7, 11) is 0. The van der Waals surface area contributed by atoms with Crippen molar-refractivity contribution in [1.82, 2.24) is 30.2 Å². The van der Waals surface area contributed by atoms with Crippen LogP contribution in [0.4, 0.5) is 5.69 Å². The number of H-pyrrole nitrogens is 1. The van der Waals surface area contributed by atoms with E-state index in [1.54, 1.807) is 24.8 Å². The molecule has 1 aliphatic rings. The Hall–Kier alpha value is -4.47. The van der Waals surface area contributed by atoms with Gasteiger partial charge >= 0.3 is 0 Å². The first kappa shape index (κ1) is 25.8. The number of aromatic nitrogens is 5. The van der Waals surface area contributed by atoms with Gasteiger partial charge in [0.15, 0.2) is 5.82 Å². The van der Waals surface area contributed by atoms with Crippen molar-refractivity contribution < 1.29 is 4.79 Å². The standard InChI is InChI=1S/C30H27ClN8O/c1-16(2)30(40)37-22-8-19(10-32-12-22)20-9-23-26(34-11-20)17(3)35-15-36-28(23)29-38-25-14-33-13-24(27(25)39-29)18-5-4-6-21(31)7-18/h4-14,16-17,35H,15H2,1-3H3,(H,37,40)(H,38,39). The maximum Gasteiger partial charge on any atom is 0.226 e. The SMILES string of the molecule is CC(C)C(=O)Nc1cncc(-c2cnc3c(c2)C(c2nc4c(-c5cccc(Cl)c5)cncc4[nH]2)=NCNC3C)c1. The predicted octanol–water partition coefficient (Wildman–Crippen LogP) is 5.79. The van der Waals surface area contributed by atoms with E-state index in [1.807, 2.05) is 50.4 Å². The normalized spacial score (nSPS) is 15.0. The Morgan fingerprint density at radius 3 is 2.65 bits per heavy atom. The first-order valence-corrected chi connectivity index (χ1v) is 13.4. The summed E-state index contributed by atoms with van der Waals surface area (Å²) in [6.45, 7) is 6.18. The fourth-order valence-electron chi connectivity index (χ4n) is 4.68. The summed E-state index contributed by atoms with van der Waals surface area (Å²) in [5.74, 6) is 0.423. The van der Waals surface area contributed by atoms with Crippen molar-refractivity contribution in [2.45, 2.75) is 26.8 Å². The molecule has 40 heavy (non-hydrogen) atoms. The molecule has 200 valence electrons. The molecule has 0 saturated heterocycles. The lowest BCUT2D eigenvalue weighted by atomic mass is 9.99. The zero-order valence-electron chi connectivity index (χ0n) is 22.2. The predicted molar refractivity (Wildman–Crippen MR) is 157 cm³/mol. The third-order valence-electron chi connectivity index (χ3n) is 6.84. The number of fused-ring (bicyclic) bond motifs is 2. The van der Waals surface area contributed by atoms with E-state index in [2.05, 4.69) is 38.6 Å². The van der Waals surface area contributed by atoms with Crippen LogP contribution in [0.25, 0.3) is 33.3 Å². The molecule has 0 aliphatic carbocycles. The highest BCUT2D eigenvalue weighted by atomic mass is 35.5. The van der Waals surface area contributed by atoms with E-state index in [-0.39, 0.29) is 17.9 Å². The summed E-state index contributed by atoms with van der Waals surface area (Å²) in [6, 6.07) is 11.6. The number of anilines is 1. The molecule has 1 amide bonds. The van der Waals surface area contributed by atoms with Gasteiger partial charge in [-0.25, -0.2) is 4.98 Å². The quantitative estimate of drug-likeness (QED) is 0.255. The molecule has 9 nitrogen and oxygen atoms in total. The summed E-state index contributed by atoms with van der Waals surface area (Å²) in [5, 5.41) is 6.96. The number of aliphatic imine (C=N–C) groups is 1. The highest BCUT2D eigenvalue weighted by Gasteiger charge is 2.24. The maximum absolute atomic E-state index is 12.2. The van der Waals surface area contributed by atoms with Crippen molar-refractivity contribution >= 4 is 39.9 Å². The van der Waals surface area contributed by atoms with Crippen LogP contribution < -0.4 is 10.6 Å². The monoisotopic (exact) mass is 550 g/mol. The third-order valence-corrected chi connectivity index (χ3v) is 7.07. The third kappa shape index (κ3) is 4.97. The molecule has 3 N–H and O–H groups in total. The fraction of sp³-hybridized carbons (Fsp3) is 0.200. The van der Waals surface area contributed by atoms with E-state index in [0.717, 1.165) is 44.5 Å². The van der Waals surface area contributed by atoms with Gasteiger partial charge in [-0.3, -0.25) is 30.1 Å². The zero-order chi connectivity index (χ0) is 27.8. The number of nitrogens with one attached hydrogen (secondary N) is 3. The highest BCUT2D eigenvalue weighted by molar-refractivity contribution is 6.30. The minimum absolute atomic E-state index is 0.0202. The number of carbonyl (C=O) groups is 1. The van der Waals surface area contributed by atoms with Gasteiger partial charge in [-0.2, -0.15) is 0 Å². The second-order valence-corrected chi connectivity index (χ2v) is 10.5. The average Bonchev–Trinajstić information content (AvgIpc) is 3.32. The summed E-state index contributed by atoms with van der Waals surface area (Å²) in [5.41, 5.74) is 8.13. The van der Waals surface area contributed by atoms with Gasteiger partial charge in [-0.15, -0.1) is 0 Å². The second kappa shape index (κ2) is 10.6. The lowest BCUT2D eigenvalue weighted by Gasteiger charge is -2.14. The van der Waals surface area contributed by atoms with Crippen LogP contribution in [0, 0.1) is 5.92 Å². The van der Waals surface area contributed by atoms with Gasteiger partial charge in [-0.1, -0.05) is 37.6 Å². The zero-order valence-corrected chi connectivity index (χ0v) is 23.0. The molecule has 1 atom stereocenters. The Balaban J connectivity index is 1.44. The molecule has 0 saturated carbocycles. The lowest BCUT2D eigenvalue weighted by molar-refractivity contribution is -0.118. The van der Waals surface area contributed by atoms with Crippen LogP contribution >= 0.6 is 11.6 Å². The number of halogens is 1. The number of aromatic amines is 1. The number of amides is 1. The van der Waals surface area contributed by atoms with Crippen LogP contribution in [-0.4, -0.2) is 43.2 Å². The van der Waals surface area contributed by atoms with E-state index in [9.17, 15) is 4.79 Å². The van der Waals surface area contributed by atoms with E-state index in [1.165, 1.54) is 0 Å². The summed E-state index contributed by atoms with van der Waals surface area (Å²) in [6.07, 6.45) is 8.77. The number of pyridine rings is 3. The Bertz CT molecular complexity index is 1780. The number of carbonyl (C=O) groups excluding carboxylic acids is 1. The van der Waals surface area contributed by atoms with Crippen LogP contribution in [-0.2, 0) is 4.79 Å². The Morgan fingerprint density at radius 1 is 1.00 bits per heavy atom. The van der Waals surface area contributed by atoms with Gasteiger partial charge < -0.3 is 10.3 Å². The van der Waals surface area contributed by atoms with E-state index < -0.39 is 0 Å². The molecule has 1 unspecified atom stereocenters. The van der Waals surface area contributed by atoms with Gasteiger partial charge in [0.25, 0.3) is 0 Å². The highest BCUT2D eigenvalue weighted by Crippen LogP contribution is 2.31. The summed E-state index contributed by atoms with van der Waals surface area (Å²) in [4.78, 5) is 39.1. The number of nitrogens with zero attached hydrogens (tertiary/aromatic N) is 5. The smallest absolute Gasteiger partial charge is 0.226 e. The minimum atomic E-state index is -0.135. The van der Waals surface area contributed by atoms with Crippen molar-refractivity contribution in [3.8, 4) is 22.3 Å². The molecule has 0 radical (unpaired) electrons. The second-order valence-electron chi connectivity index (χ2n) is 10.0. The number of imidazole rings is 1. The van der Waals surface area contributed by atoms with E-state index in [4.69, 9.17) is 26.6 Å². The van der Waals surface area contributed by atoms with Crippen LogP contribution in [0.2, 0.25) is 5.02 Å². The Kier molecular flexibility index (Phi) is 6.83. The number of hydrogen-bond acceptors (Lipinski definition) is 7. The van der Waals surface area contributed by atoms with Crippen LogP contribution in [0.1, 0.15) is 43.9 Å². The Morgan fingerprint density at radius 2 is 1.82 bits per heavy atom. The molecule has 6 rings (SSSR count). The van der Waals surface area contributed by atoms with Crippen LogP contribution in [0.3, 0.4) is 0 Å². The van der Waals surface area contributed by atoms with Crippen molar-refractivity contribution in [2.24, 2.45) is 10.9 Å². The molecule has 0 spiro atoms. The lowest BCUT2D eigenvalue weighted by Crippen LogP contribution is -2.18. The van der Waals surface area contributed by atoms with Crippen LogP contribution in [0.5, 0.6) is 0 Å². The van der Waals surface area contributed by atoms with Crippen molar-refractivity contribution in [1.29, 1.82) is 0 Å². The number of hydrogen-bond donors (Lipinski definition) is 3. The van der Waals surface area contributed by atoms with E-state index in [0.29, 0.717) is 28.9 Å². The topological polar surface area (TPSA) is 121 Å². The molecule has 4 aromatic heterocycles. The van der Waals surface area contributed by atoms with Gasteiger partial charge in [0.05, 0.1) is 41.5 Å². The van der Waals surface area contributed by atoms with Crippen molar-refractivity contribution in [3.63, 3.8) is 0 Å². The van der Waals surface area contributed by atoms with E-state index >= 15 is 0 Å². The van der Waals surface area contributed by atoms with Crippen molar-refractivity contribution in [2.75, 3.05) is 12.0 Å². The molecule has 1 aromatic carbocycles. The first-order chi connectivity index (χ1) is 19.4. The maximum atomic E-state index is 12.2.